The predicted molar refractivity (Wildman–Crippen MR) is 50.7 cm³/mol. The molecule has 0 heteroatoms. The lowest BCUT2D eigenvalue weighted by Crippen LogP contribution is -1.81. The van der Waals surface area contributed by atoms with Crippen LogP contribution in [-0.2, 0) is 0 Å². The summed E-state index contributed by atoms with van der Waals surface area (Å²) in [7, 11) is 0. The molecule has 0 aromatic rings. The van der Waals surface area contributed by atoms with Crippen LogP contribution in [0.3, 0.4) is 0 Å². The van der Waals surface area contributed by atoms with Crippen molar-refractivity contribution in [2.75, 3.05) is 0 Å². The van der Waals surface area contributed by atoms with Crippen molar-refractivity contribution in [3.05, 3.63) is 11.6 Å². The van der Waals surface area contributed by atoms with Gasteiger partial charge in [0.2, 0.25) is 0 Å². The molecule has 0 spiro atoms. The third-order valence-corrected chi connectivity index (χ3v) is 2.59. The highest BCUT2D eigenvalue weighted by atomic mass is 14.0. The van der Waals surface area contributed by atoms with Gasteiger partial charge in [-0.3, -0.25) is 0 Å². The summed E-state index contributed by atoms with van der Waals surface area (Å²) in [6.07, 6.45) is 13.7. The van der Waals surface area contributed by atoms with Crippen molar-refractivity contribution in [3.63, 3.8) is 0 Å². The first-order valence-electron chi connectivity index (χ1n) is 5.11. The lowest BCUT2D eigenvalue weighted by molar-refractivity contribution is 0.627. The molecule has 0 atom stereocenters. The van der Waals surface area contributed by atoms with Gasteiger partial charge in [0.15, 0.2) is 0 Å². The average molecular weight is 152 g/mol. The number of hydrogen-bond acceptors (Lipinski definition) is 0. The van der Waals surface area contributed by atoms with E-state index in [2.05, 4.69) is 13.0 Å². The van der Waals surface area contributed by atoms with E-state index in [9.17, 15) is 0 Å². The molecule has 11 heavy (non-hydrogen) atoms. The fourth-order valence-electron chi connectivity index (χ4n) is 1.76. The highest BCUT2D eigenvalue weighted by molar-refractivity contribution is 5.01. The van der Waals surface area contributed by atoms with Crippen molar-refractivity contribution in [3.8, 4) is 0 Å². The molecule has 0 fully saturated rings. The van der Waals surface area contributed by atoms with Crippen LogP contribution < -0.4 is 0 Å². The molecule has 0 radical (unpaired) electrons. The second kappa shape index (κ2) is 5.40. The maximum absolute atomic E-state index is 2.48. The van der Waals surface area contributed by atoms with Gasteiger partial charge in [0.25, 0.3) is 0 Å². The first-order valence-corrected chi connectivity index (χ1v) is 5.11. The highest BCUT2D eigenvalue weighted by Gasteiger charge is 1.98. The van der Waals surface area contributed by atoms with E-state index in [4.69, 9.17) is 0 Å². The summed E-state index contributed by atoms with van der Waals surface area (Å²) in [6, 6.07) is 0. The standard InChI is InChI=1S/C11H20/c1-2-11-9-7-5-3-4-6-8-10-11/h9H,2-8,10H2,1H3. The molecule has 0 aromatic heterocycles. The zero-order valence-corrected chi connectivity index (χ0v) is 7.73. The molecule has 0 nitrogen and oxygen atoms in total. The summed E-state index contributed by atoms with van der Waals surface area (Å²) in [5.74, 6) is 0. The summed E-state index contributed by atoms with van der Waals surface area (Å²) in [4.78, 5) is 0. The van der Waals surface area contributed by atoms with E-state index in [1.54, 1.807) is 5.57 Å². The van der Waals surface area contributed by atoms with E-state index >= 15 is 0 Å². The van der Waals surface area contributed by atoms with Crippen LogP contribution in [0.2, 0.25) is 0 Å². The molecule has 64 valence electrons. The topological polar surface area (TPSA) is 0 Å². The maximum Gasteiger partial charge on any atom is -0.0320 e. The van der Waals surface area contributed by atoms with E-state index in [0.29, 0.717) is 0 Å². The minimum absolute atomic E-state index is 1.28. The Labute approximate surface area is 70.7 Å². The molecule has 0 bridgehead atoms. The Morgan fingerprint density at radius 2 is 1.82 bits per heavy atom. The van der Waals surface area contributed by atoms with Crippen molar-refractivity contribution in [2.24, 2.45) is 0 Å². The van der Waals surface area contributed by atoms with Gasteiger partial charge < -0.3 is 0 Å². The molecule has 0 heterocycles. The molecule has 1 aliphatic carbocycles. The van der Waals surface area contributed by atoms with Gasteiger partial charge in [-0.05, 0) is 32.1 Å². The third-order valence-electron chi connectivity index (χ3n) is 2.59. The van der Waals surface area contributed by atoms with Gasteiger partial charge in [-0.25, -0.2) is 0 Å². The van der Waals surface area contributed by atoms with E-state index in [-0.39, 0.29) is 0 Å². The number of allylic oxidation sites excluding steroid dienone is 2. The van der Waals surface area contributed by atoms with Gasteiger partial charge in [-0.1, -0.05) is 37.8 Å². The zero-order chi connectivity index (χ0) is 7.94. The van der Waals surface area contributed by atoms with Crippen LogP contribution in [0.5, 0.6) is 0 Å². The Hall–Kier alpha value is -0.260. The fourth-order valence-corrected chi connectivity index (χ4v) is 1.76. The maximum atomic E-state index is 2.48. The van der Waals surface area contributed by atoms with Crippen molar-refractivity contribution < 1.29 is 0 Å². The first-order chi connectivity index (χ1) is 5.43. The van der Waals surface area contributed by atoms with Gasteiger partial charge in [-0.15, -0.1) is 0 Å². The first kappa shape index (κ1) is 8.83. The van der Waals surface area contributed by atoms with Crippen LogP contribution in [0.15, 0.2) is 11.6 Å². The molecule has 0 saturated carbocycles. The molecule has 1 aliphatic rings. The monoisotopic (exact) mass is 152 g/mol. The van der Waals surface area contributed by atoms with E-state index in [1.165, 1.54) is 51.4 Å². The number of hydrogen-bond donors (Lipinski definition) is 0. The molecule has 0 aromatic carbocycles. The Bertz CT molecular complexity index is 122. The summed E-state index contributed by atoms with van der Waals surface area (Å²) in [6.45, 7) is 2.28. The normalized spacial score (nSPS) is 21.4. The van der Waals surface area contributed by atoms with E-state index in [1.807, 2.05) is 0 Å². The Kier molecular flexibility index (Phi) is 4.33. The highest BCUT2D eigenvalue weighted by Crippen LogP contribution is 2.18. The smallest absolute Gasteiger partial charge is 0.0320 e. The van der Waals surface area contributed by atoms with Crippen molar-refractivity contribution in [1.29, 1.82) is 0 Å². The second-order valence-electron chi connectivity index (χ2n) is 3.52. The minimum atomic E-state index is 1.28. The van der Waals surface area contributed by atoms with Crippen LogP contribution in [-0.4, -0.2) is 0 Å². The second-order valence-corrected chi connectivity index (χ2v) is 3.52. The minimum Gasteiger partial charge on any atom is -0.0853 e. The molecule has 0 N–H and O–H groups in total. The zero-order valence-electron chi connectivity index (χ0n) is 7.73. The van der Waals surface area contributed by atoms with Gasteiger partial charge in [-0.2, -0.15) is 0 Å². The van der Waals surface area contributed by atoms with Gasteiger partial charge in [0.05, 0.1) is 0 Å². The fraction of sp³-hybridized carbons (Fsp3) is 0.818. The molecule has 1 rings (SSSR count). The van der Waals surface area contributed by atoms with E-state index in [0.717, 1.165) is 0 Å². The number of rotatable bonds is 1. The Morgan fingerprint density at radius 1 is 1.09 bits per heavy atom. The molecule has 0 unspecified atom stereocenters. The van der Waals surface area contributed by atoms with Crippen molar-refractivity contribution >= 4 is 0 Å². The largest absolute Gasteiger partial charge is 0.0853 e. The third kappa shape index (κ3) is 3.60. The summed E-state index contributed by atoms with van der Waals surface area (Å²) < 4.78 is 0. The van der Waals surface area contributed by atoms with Crippen LogP contribution in [0.25, 0.3) is 0 Å². The van der Waals surface area contributed by atoms with E-state index < -0.39 is 0 Å². The lowest BCUT2D eigenvalue weighted by Gasteiger charge is -2.01. The van der Waals surface area contributed by atoms with Crippen molar-refractivity contribution in [1.82, 2.24) is 0 Å². The molecule has 0 saturated heterocycles. The van der Waals surface area contributed by atoms with Crippen LogP contribution in [0, 0.1) is 0 Å². The molecule has 0 aliphatic heterocycles. The Balaban J connectivity index is 2.34. The Morgan fingerprint density at radius 3 is 2.64 bits per heavy atom. The predicted octanol–water partition coefficient (Wildman–Crippen LogP) is 4.07. The lowest BCUT2D eigenvalue weighted by atomic mass is 10.1. The van der Waals surface area contributed by atoms with Crippen LogP contribution in [0.1, 0.15) is 58.3 Å². The molecule has 0 amide bonds. The quantitative estimate of drug-likeness (QED) is 0.497. The van der Waals surface area contributed by atoms with Crippen LogP contribution in [0.4, 0.5) is 0 Å². The van der Waals surface area contributed by atoms with Crippen molar-refractivity contribution in [2.45, 2.75) is 58.3 Å². The molecular formula is C11H20. The van der Waals surface area contributed by atoms with Crippen LogP contribution >= 0.6 is 0 Å². The summed E-state index contributed by atoms with van der Waals surface area (Å²) >= 11 is 0. The SMILES string of the molecule is CCC1=CCCCCCCC1. The van der Waals surface area contributed by atoms with Gasteiger partial charge in [0, 0.05) is 0 Å². The van der Waals surface area contributed by atoms with Gasteiger partial charge in [0.1, 0.15) is 0 Å². The van der Waals surface area contributed by atoms with Gasteiger partial charge >= 0.3 is 0 Å². The molecular weight excluding hydrogens is 132 g/mol. The summed E-state index contributed by atoms with van der Waals surface area (Å²) in [5, 5.41) is 0. The summed E-state index contributed by atoms with van der Waals surface area (Å²) in [5.41, 5.74) is 1.70. The average Bonchev–Trinajstić information content (AvgIpc) is 2.16.